The zero-order valence-corrected chi connectivity index (χ0v) is 24.9. The van der Waals surface area contributed by atoms with Gasteiger partial charge in [-0.2, -0.15) is 18.4 Å². The molecular formula is C32H45F3N2O6. The SMILES string of the molecule is N#Cc1ccc(N2CCC[C@@H]2C(O)COCCOCCOCCOCCOC23CC4CC(CC(C4)C2)C3)cc1C(F)(F)F. The van der Waals surface area contributed by atoms with Crippen molar-refractivity contribution in [1.29, 1.82) is 5.26 Å². The maximum absolute atomic E-state index is 13.4. The Bertz CT molecular complexity index is 1040. The molecule has 0 amide bonds. The van der Waals surface area contributed by atoms with Crippen LogP contribution >= 0.6 is 0 Å². The molecule has 43 heavy (non-hydrogen) atoms. The van der Waals surface area contributed by atoms with Crippen LogP contribution < -0.4 is 4.90 Å². The lowest BCUT2D eigenvalue weighted by molar-refractivity contribution is -0.169. The number of aliphatic hydroxyl groups excluding tert-OH is 1. The van der Waals surface area contributed by atoms with Crippen molar-refractivity contribution in [2.24, 2.45) is 17.8 Å². The summed E-state index contributed by atoms with van der Waals surface area (Å²) >= 11 is 0. The number of alkyl halides is 3. The van der Waals surface area contributed by atoms with Crippen LogP contribution in [0.25, 0.3) is 0 Å². The first kappa shape index (κ1) is 32.5. The van der Waals surface area contributed by atoms with E-state index in [1.54, 1.807) is 11.0 Å². The fourth-order valence-corrected chi connectivity index (χ4v) is 8.06. The highest BCUT2D eigenvalue weighted by Gasteiger charge is 2.51. The van der Waals surface area contributed by atoms with Crippen LogP contribution in [0.3, 0.4) is 0 Å². The number of hydrogen-bond acceptors (Lipinski definition) is 8. The van der Waals surface area contributed by atoms with E-state index in [0.29, 0.717) is 64.9 Å². The first-order chi connectivity index (χ1) is 20.8. The molecule has 1 aromatic carbocycles. The lowest BCUT2D eigenvalue weighted by Gasteiger charge is -2.56. The summed E-state index contributed by atoms with van der Waals surface area (Å²) in [5, 5.41) is 19.7. The van der Waals surface area contributed by atoms with Crippen LogP contribution in [-0.2, 0) is 29.9 Å². The van der Waals surface area contributed by atoms with Gasteiger partial charge in [0.25, 0.3) is 0 Å². The van der Waals surface area contributed by atoms with Gasteiger partial charge in [0.05, 0.1) is 94.4 Å². The summed E-state index contributed by atoms with van der Waals surface area (Å²) in [5.74, 6) is 2.64. The minimum atomic E-state index is -4.63. The highest BCUT2D eigenvalue weighted by molar-refractivity contribution is 5.56. The van der Waals surface area contributed by atoms with Gasteiger partial charge in [-0.15, -0.1) is 0 Å². The van der Waals surface area contributed by atoms with Crippen LogP contribution in [0, 0.1) is 29.1 Å². The Morgan fingerprint density at radius 1 is 0.884 bits per heavy atom. The molecule has 8 nitrogen and oxygen atoms in total. The maximum atomic E-state index is 13.4. The molecule has 1 aliphatic heterocycles. The molecule has 0 radical (unpaired) electrons. The van der Waals surface area contributed by atoms with Crippen molar-refractivity contribution in [1.82, 2.24) is 0 Å². The molecule has 5 fully saturated rings. The molecular weight excluding hydrogens is 565 g/mol. The van der Waals surface area contributed by atoms with Crippen LogP contribution in [0.4, 0.5) is 18.9 Å². The van der Waals surface area contributed by atoms with Gasteiger partial charge in [0.2, 0.25) is 0 Å². The van der Waals surface area contributed by atoms with Gasteiger partial charge in [-0.3, -0.25) is 0 Å². The number of rotatable bonds is 17. The highest BCUT2D eigenvalue weighted by Crippen LogP contribution is 2.57. The van der Waals surface area contributed by atoms with Crippen molar-refractivity contribution in [3.63, 3.8) is 0 Å². The Kier molecular flexibility index (Phi) is 11.2. The summed E-state index contributed by atoms with van der Waals surface area (Å²) in [6.07, 6.45) is 3.84. The van der Waals surface area contributed by atoms with Gasteiger partial charge in [-0.1, -0.05) is 0 Å². The number of halogens is 3. The van der Waals surface area contributed by atoms with Crippen LogP contribution in [0.15, 0.2) is 18.2 Å². The normalized spacial score (nSPS) is 28.9. The molecule has 1 saturated heterocycles. The lowest BCUT2D eigenvalue weighted by Crippen LogP contribution is -2.52. The van der Waals surface area contributed by atoms with Crippen LogP contribution in [0.1, 0.15) is 62.5 Å². The van der Waals surface area contributed by atoms with E-state index in [-0.39, 0.29) is 24.9 Å². The van der Waals surface area contributed by atoms with Gasteiger partial charge in [-0.25, -0.2) is 0 Å². The van der Waals surface area contributed by atoms with Crippen molar-refractivity contribution in [3.05, 3.63) is 29.3 Å². The summed E-state index contributed by atoms with van der Waals surface area (Å²) in [6.45, 7) is 4.30. The van der Waals surface area contributed by atoms with Gasteiger partial charge in [0.1, 0.15) is 0 Å². The lowest BCUT2D eigenvalue weighted by atomic mass is 9.54. The quantitative estimate of drug-likeness (QED) is 0.248. The van der Waals surface area contributed by atoms with Crippen molar-refractivity contribution >= 4 is 5.69 Å². The molecule has 4 aliphatic carbocycles. The maximum Gasteiger partial charge on any atom is 0.417 e. The van der Waals surface area contributed by atoms with Gasteiger partial charge in [-0.05, 0) is 87.3 Å². The molecule has 0 aromatic heterocycles. The molecule has 4 saturated carbocycles. The average Bonchev–Trinajstić information content (AvgIpc) is 3.46. The van der Waals surface area contributed by atoms with Crippen LogP contribution in [0.2, 0.25) is 0 Å². The van der Waals surface area contributed by atoms with Gasteiger partial charge >= 0.3 is 6.18 Å². The average molecular weight is 611 g/mol. The van der Waals surface area contributed by atoms with E-state index in [1.165, 1.54) is 50.7 Å². The van der Waals surface area contributed by atoms with Crippen molar-refractivity contribution < 1.29 is 42.0 Å². The van der Waals surface area contributed by atoms with Gasteiger partial charge < -0.3 is 33.7 Å². The summed E-state index contributed by atoms with van der Waals surface area (Å²) in [5.41, 5.74) is -0.912. The second-order valence-corrected chi connectivity index (χ2v) is 12.7. The predicted octanol–water partition coefficient (Wildman–Crippen LogP) is 4.96. The third-order valence-electron chi connectivity index (χ3n) is 9.53. The number of benzene rings is 1. The van der Waals surface area contributed by atoms with Crippen molar-refractivity contribution in [2.45, 2.75) is 75.3 Å². The number of hydrogen-bond donors (Lipinski definition) is 1. The zero-order chi connectivity index (χ0) is 30.3. The van der Waals surface area contributed by atoms with Crippen LogP contribution in [0.5, 0.6) is 0 Å². The largest absolute Gasteiger partial charge is 0.417 e. The van der Waals surface area contributed by atoms with Crippen molar-refractivity contribution in [2.75, 3.05) is 70.9 Å². The van der Waals surface area contributed by atoms with Gasteiger partial charge in [0.15, 0.2) is 0 Å². The van der Waals surface area contributed by atoms with E-state index in [1.807, 2.05) is 0 Å². The summed E-state index contributed by atoms with van der Waals surface area (Å²) < 4.78 is 68.9. The Balaban J connectivity index is 0.870. The number of aliphatic hydroxyl groups is 1. The smallest absolute Gasteiger partial charge is 0.389 e. The minimum absolute atomic E-state index is 0.0490. The van der Waals surface area contributed by atoms with Crippen LogP contribution in [-0.4, -0.2) is 88.9 Å². The van der Waals surface area contributed by atoms with Crippen molar-refractivity contribution in [3.8, 4) is 6.07 Å². The Hall–Kier alpha value is -1.94. The molecule has 0 spiro atoms. The fraction of sp³-hybridized carbons (Fsp3) is 0.781. The molecule has 4 bridgehead atoms. The van der Waals surface area contributed by atoms with E-state index in [2.05, 4.69) is 0 Å². The number of nitrogens with zero attached hydrogens (tertiary/aromatic N) is 2. The predicted molar refractivity (Wildman–Crippen MR) is 153 cm³/mol. The standard InChI is InChI=1S/C32H45F3N2O6/c33-32(34,35)28-17-27(4-3-26(28)21-36)37-5-1-2-29(37)30(38)22-42-11-10-40-7-6-39-8-9-41-12-13-43-31-18-23-14-24(19-31)16-25(15-23)20-31/h3-4,17,23-25,29-30,38H,1-2,5-16,18-20,22H2/t23?,24?,25?,29-,30?,31?/m1/s1. The molecule has 11 heteroatoms. The monoisotopic (exact) mass is 610 g/mol. The second-order valence-electron chi connectivity index (χ2n) is 12.7. The van der Waals surface area contributed by atoms with E-state index >= 15 is 0 Å². The summed E-state index contributed by atoms with van der Waals surface area (Å²) in [6, 6.07) is 4.91. The molecule has 5 aliphatic rings. The number of nitriles is 1. The molecule has 1 N–H and O–H groups in total. The van der Waals surface area contributed by atoms with Gasteiger partial charge in [0, 0.05) is 12.2 Å². The Labute approximate surface area is 252 Å². The molecule has 1 heterocycles. The number of anilines is 1. The zero-order valence-electron chi connectivity index (χ0n) is 24.9. The number of ether oxygens (including phenoxy) is 5. The third kappa shape index (κ3) is 8.62. The first-order valence-electron chi connectivity index (χ1n) is 15.8. The minimum Gasteiger partial charge on any atom is -0.389 e. The summed E-state index contributed by atoms with van der Waals surface area (Å²) in [7, 11) is 0. The Morgan fingerprint density at radius 3 is 2.00 bits per heavy atom. The summed E-state index contributed by atoms with van der Waals surface area (Å²) in [4.78, 5) is 1.76. The van der Waals surface area contributed by atoms with E-state index < -0.39 is 23.4 Å². The van der Waals surface area contributed by atoms with E-state index in [9.17, 15) is 18.3 Å². The second kappa shape index (κ2) is 14.9. The molecule has 1 aromatic rings. The molecule has 240 valence electrons. The topological polar surface area (TPSA) is 93.4 Å². The van der Waals surface area contributed by atoms with E-state index in [0.717, 1.165) is 30.2 Å². The molecule has 1 unspecified atom stereocenters. The Morgan fingerprint density at radius 2 is 1.44 bits per heavy atom. The molecule has 6 rings (SSSR count). The van der Waals surface area contributed by atoms with E-state index in [4.69, 9.17) is 28.9 Å². The molecule has 2 atom stereocenters. The first-order valence-corrected chi connectivity index (χ1v) is 15.8. The highest BCUT2D eigenvalue weighted by atomic mass is 19.4. The third-order valence-corrected chi connectivity index (χ3v) is 9.53. The fourth-order valence-electron chi connectivity index (χ4n) is 8.06.